The second-order valence-electron chi connectivity index (χ2n) is 13.0. The van der Waals surface area contributed by atoms with Crippen molar-refractivity contribution < 1.29 is 27.5 Å². The molecular formula is C37H40Cl2F3N7O3. The van der Waals surface area contributed by atoms with Crippen LogP contribution in [0, 0.1) is 0 Å². The quantitative estimate of drug-likeness (QED) is 0.159. The van der Waals surface area contributed by atoms with E-state index < -0.39 is 12.5 Å². The summed E-state index contributed by atoms with van der Waals surface area (Å²) in [5, 5.41) is 6.76. The molecule has 0 aliphatic carbocycles. The summed E-state index contributed by atoms with van der Waals surface area (Å²) in [6, 6.07) is 11.9. The van der Waals surface area contributed by atoms with Gasteiger partial charge in [-0.2, -0.15) is 8.78 Å². The number of carbonyl (C=O) groups excluding carboxylic acids is 2. The minimum atomic E-state index is -3.04. The second-order valence-corrected chi connectivity index (χ2v) is 13.7. The highest BCUT2D eigenvalue weighted by molar-refractivity contribution is 6.39. The Morgan fingerprint density at radius 1 is 1.06 bits per heavy atom. The number of rotatable bonds is 12. The molecule has 1 fully saturated rings. The Balaban J connectivity index is 1.21. The van der Waals surface area contributed by atoms with Crippen molar-refractivity contribution in [1.82, 2.24) is 29.7 Å². The number of carbonyl (C=O) groups is 2. The van der Waals surface area contributed by atoms with Crippen molar-refractivity contribution in [3.8, 4) is 28.1 Å². The molecule has 15 heteroatoms. The summed E-state index contributed by atoms with van der Waals surface area (Å²) < 4.78 is 46.5. The van der Waals surface area contributed by atoms with Crippen molar-refractivity contribution >= 4 is 40.7 Å². The number of pyridine rings is 1. The highest BCUT2D eigenvalue weighted by Crippen LogP contribution is 2.41. The monoisotopic (exact) mass is 757 g/mol. The highest BCUT2D eigenvalue weighted by Gasteiger charge is 2.26. The van der Waals surface area contributed by atoms with Gasteiger partial charge in [-0.3, -0.25) is 23.9 Å². The molecule has 0 saturated carbocycles. The van der Waals surface area contributed by atoms with Gasteiger partial charge >= 0.3 is 6.61 Å². The summed E-state index contributed by atoms with van der Waals surface area (Å²) in [5.74, 6) is -0.160. The Morgan fingerprint density at radius 2 is 1.83 bits per heavy atom. The van der Waals surface area contributed by atoms with Gasteiger partial charge in [0.15, 0.2) is 5.82 Å². The Hall–Kier alpha value is -4.17. The molecule has 4 aromatic rings. The summed E-state index contributed by atoms with van der Waals surface area (Å²) >= 11 is 13.8. The number of anilines is 1. The number of alkyl halides is 3. The number of hydrogen-bond donors (Lipinski definition) is 2. The molecule has 10 nitrogen and oxygen atoms in total. The summed E-state index contributed by atoms with van der Waals surface area (Å²) in [6.07, 6.45) is 4.22. The summed E-state index contributed by atoms with van der Waals surface area (Å²) in [5.41, 5.74) is 4.49. The Morgan fingerprint density at radius 3 is 2.56 bits per heavy atom. The lowest BCUT2D eigenvalue weighted by Crippen LogP contribution is -2.44. The van der Waals surface area contributed by atoms with Crippen LogP contribution in [0.5, 0.6) is 5.75 Å². The van der Waals surface area contributed by atoms with Crippen LogP contribution < -0.4 is 15.4 Å². The first-order valence-corrected chi connectivity index (χ1v) is 17.9. The number of nitrogens with zero attached hydrogens (tertiary/aromatic N) is 5. The number of hydrogen-bond acceptors (Lipinski definition) is 7. The predicted molar refractivity (Wildman–Crippen MR) is 195 cm³/mol. The van der Waals surface area contributed by atoms with Crippen LogP contribution in [0.25, 0.3) is 22.4 Å². The molecule has 0 spiro atoms. The van der Waals surface area contributed by atoms with Crippen LogP contribution in [-0.2, 0) is 31.4 Å². The number of likely N-dealkylation sites (tertiary alicyclic amines) is 1. The van der Waals surface area contributed by atoms with Gasteiger partial charge in [-0.05, 0) is 37.5 Å². The summed E-state index contributed by atoms with van der Waals surface area (Å²) in [6.45, 7) is 1.65. The van der Waals surface area contributed by atoms with Crippen LogP contribution in [0.1, 0.15) is 53.8 Å². The van der Waals surface area contributed by atoms with E-state index in [4.69, 9.17) is 27.9 Å². The molecule has 0 atom stereocenters. The minimum absolute atomic E-state index is 0.00406. The maximum Gasteiger partial charge on any atom is 0.387 e. The number of amides is 2. The molecule has 2 amide bonds. The van der Waals surface area contributed by atoms with Crippen LogP contribution in [0.2, 0.25) is 10.0 Å². The van der Waals surface area contributed by atoms with Crippen LogP contribution in [0.3, 0.4) is 0 Å². The largest absolute Gasteiger partial charge is 0.434 e. The molecule has 276 valence electrons. The zero-order valence-electron chi connectivity index (χ0n) is 28.9. The average Bonchev–Trinajstić information content (AvgIpc) is 3.46. The van der Waals surface area contributed by atoms with E-state index in [-0.39, 0.29) is 40.2 Å². The summed E-state index contributed by atoms with van der Waals surface area (Å²) in [4.78, 5) is 38.2. The van der Waals surface area contributed by atoms with Gasteiger partial charge < -0.3 is 24.8 Å². The fraction of sp³-hybridized carbons (Fsp3) is 0.405. The Bertz CT molecular complexity index is 1930. The van der Waals surface area contributed by atoms with Crippen molar-refractivity contribution in [2.24, 2.45) is 7.05 Å². The molecule has 0 radical (unpaired) electrons. The van der Waals surface area contributed by atoms with Crippen molar-refractivity contribution in [3.05, 3.63) is 81.5 Å². The molecule has 2 aliphatic heterocycles. The van der Waals surface area contributed by atoms with Gasteiger partial charge in [0.1, 0.15) is 5.75 Å². The van der Waals surface area contributed by atoms with Crippen molar-refractivity contribution in [2.45, 2.75) is 58.3 Å². The average molecular weight is 759 g/mol. The maximum absolute atomic E-state index is 13.5. The number of aromatic nitrogens is 3. The molecular weight excluding hydrogens is 718 g/mol. The van der Waals surface area contributed by atoms with E-state index in [9.17, 15) is 22.8 Å². The molecule has 4 heterocycles. The standard InChI is InChI=1S/C37H40Cl2F3N7O3/c1-22(50)49-17-10-25(11-18-49)44-20-24-8-7-23(19-31(24)52-37(41)42)34-33(39)27(9-14-43-34)26-5-3-6-28(32(26)38)46-36(51)35-45-29-21-48(15-4-13-40)16-12-30(29)47(35)2/h3,5-9,14,19,25,37,44H,4,10-13,15-18,20-21H2,1-2H3,(H,46,51). The van der Waals surface area contributed by atoms with E-state index in [1.54, 1.807) is 66.0 Å². The fourth-order valence-corrected chi connectivity index (χ4v) is 7.43. The van der Waals surface area contributed by atoms with Gasteiger partial charge in [0, 0.05) is 99.8 Å². The Labute approximate surface area is 310 Å². The first-order valence-electron chi connectivity index (χ1n) is 17.2. The lowest BCUT2D eigenvalue weighted by atomic mass is 10.0. The fourth-order valence-electron chi connectivity index (χ4n) is 6.83. The maximum atomic E-state index is 13.5. The van der Waals surface area contributed by atoms with E-state index >= 15 is 0 Å². The van der Waals surface area contributed by atoms with Crippen LogP contribution in [0.4, 0.5) is 18.9 Å². The number of benzene rings is 2. The lowest BCUT2D eigenvalue weighted by molar-refractivity contribution is -0.129. The first kappa shape index (κ1) is 37.6. The van der Waals surface area contributed by atoms with Crippen molar-refractivity contribution in [1.29, 1.82) is 0 Å². The van der Waals surface area contributed by atoms with Crippen LogP contribution in [-0.4, -0.2) is 81.7 Å². The van der Waals surface area contributed by atoms with Gasteiger partial charge in [-0.15, -0.1) is 0 Å². The number of halogens is 5. The number of piperidine rings is 1. The van der Waals surface area contributed by atoms with E-state index in [0.717, 1.165) is 30.8 Å². The molecule has 52 heavy (non-hydrogen) atoms. The smallest absolute Gasteiger partial charge is 0.387 e. The van der Waals surface area contributed by atoms with Crippen molar-refractivity contribution in [2.75, 3.05) is 38.2 Å². The number of nitrogens with one attached hydrogen (secondary N) is 2. The molecule has 0 bridgehead atoms. The van der Waals surface area contributed by atoms with Gasteiger partial charge in [-0.1, -0.05) is 47.5 Å². The van der Waals surface area contributed by atoms with Crippen LogP contribution >= 0.6 is 23.2 Å². The zero-order chi connectivity index (χ0) is 36.9. The Kier molecular flexibility index (Phi) is 12.0. The van der Waals surface area contributed by atoms with Crippen molar-refractivity contribution in [3.63, 3.8) is 0 Å². The topological polar surface area (TPSA) is 105 Å². The molecule has 2 aromatic heterocycles. The second kappa shape index (κ2) is 16.7. The first-order chi connectivity index (χ1) is 25.0. The molecule has 2 aromatic carbocycles. The molecule has 0 unspecified atom stereocenters. The summed E-state index contributed by atoms with van der Waals surface area (Å²) in [7, 11) is 1.80. The van der Waals surface area contributed by atoms with E-state index in [1.165, 1.54) is 6.07 Å². The minimum Gasteiger partial charge on any atom is -0.434 e. The molecule has 2 N–H and O–H groups in total. The van der Waals surface area contributed by atoms with E-state index in [1.807, 2.05) is 0 Å². The molecule has 6 rings (SSSR count). The third kappa shape index (κ3) is 8.38. The number of ether oxygens (including phenoxy) is 1. The van der Waals surface area contributed by atoms with E-state index in [2.05, 4.69) is 25.5 Å². The normalized spacial score (nSPS) is 15.2. The van der Waals surface area contributed by atoms with Crippen LogP contribution in [0.15, 0.2) is 48.7 Å². The molecule has 2 aliphatic rings. The number of fused-ring (bicyclic) bond motifs is 1. The van der Waals surface area contributed by atoms with Gasteiger partial charge in [0.05, 0.1) is 33.8 Å². The third-order valence-corrected chi connectivity index (χ3v) is 10.4. The third-order valence-electron chi connectivity index (χ3n) is 9.65. The van der Waals surface area contributed by atoms with Gasteiger partial charge in [0.25, 0.3) is 5.91 Å². The van der Waals surface area contributed by atoms with Gasteiger partial charge in [0.2, 0.25) is 5.91 Å². The highest BCUT2D eigenvalue weighted by atomic mass is 35.5. The lowest BCUT2D eigenvalue weighted by Gasteiger charge is -2.32. The zero-order valence-corrected chi connectivity index (χ0v) is 30.4. The van der Waals surface area contributed by atoms with E-state index in [0.29, 0.717) is 79.2 Å². The predicted octanol–water partition coefficient (Wildman–Crippen LogP) is 7.13. The number of imidazole rings is 1. The van der Waals surface area contributed by atoms with Gasteiger partial charge in [-0.25, -0.2) is 4.98 Å². The SMILES string of the molecule is CC(=O)N1CCC(NCc2ccc(-c3nccc(-c4cccc(NC(=O)c5nc6c(n5C)CCN(CCCF)C6)c4Cl)c3Cl)cc2OC(F)F)CC1. The molecule has 1 saturated heterocycles.